The summed E-state index contributed by atoms with van der Waals surface area (Å²) in [5.41, 5.74) is 2.05. The summed E-state index contributed by atoms with van der Waals surface area (Å²) in [5, 5.41) is 6.66. The van der Waals surface area contributed by atoms with Crippen LogP contribution in [-0.4, -0.2) is 52.2 Å². The van der Waals surface area contributed by atoms with E-state index in [-0.39, 0.29) is 30.2 Å². The highest BCUT2D eigenvalue weighted by molar-refractivity contribution is 5.97. The lowest BCUT2D eigenvalue weighted by molar-refractivity contribution is -0.151. The second-order valence-electron chi connectivity index (χ2n) is 7.61. The Kier molecular flexibility index (Phi) is 4.87. The Bertz CT molecular complexity index is 856. The Balaban J connectivity index is 1.50. The number of alkyl halides is 3. The lowest BCUT2D eigenvalue weighted by atomic mass is 9.85. The van der Waals surface area contributed by atoms with Gasteiger partial charge in [0, 0.05) is 5.69 Å². The van der Waals surface area contributed by atoms with Crippen molar-refractivity contribution in [2.75, 3.05) is 11.9 Å². The number of carbonyl (C=O) groups excluding carboxylic acids is 2. The third-order valence-electron chi connectivity index (χ3n) is 5.76. The number of hydrogen-bond donors (Lipinski definition) is 2. The Morgan fingerprint density at radius 1 is 1.28 bits per heavy atom. The van der Waals surface area contributed by atoms with Crippen LogP contribution in [0.15, 0.2) is 29.4 Å². The quantitative estimate of drug-likeness (QED) is 0.804. The van der Waals surface area contributed by atoms with Crippen LogP contribution in [0, 0.1) is 0 Å². The van der Waals surface area contributed by atoms with Crippen LogP contribution in [0.3, 0.4) is 0 Å². The van der Waals surface area contributed by atoms with E-state index < -0.39 is 23.8 Å². The van der Waals surface area contributed by atoms with Crippen LogP contribution >= 0.6 is 0 Å². The third-order valence-corrected chi connectivity index (χ3v) is 5.76. The molecule has 1 saturated heterocycles. The maximum Gasteiger partial charge on any atom is 0.416 e. The Morgan fingerprint density at radius 2 is 2.00 bits per heavy atom. The first-order valence-corrected chi connectivity index (χ1v) is 9.61. The Labute approximate surface area is 165 Å². The van der Waals surface area contributed by atoms with Gasteiger partial charge in [0.25, 0.3) is 5.91 Å². The van der Waals surface area contributed by atoms with E-state index in [2.05, 4.69) is 15.8 Å². The second kappa shape index (κ2) is 7.23. The minimum atomic E-state index is -4.49. The van der Waals surface area contributed by atoms with E-state index in [0.717, 1.165) is 43.7 Å². The average molecular weight is 409 g/mol. The number of rotatable bonds is 3. The summed E-state index contributed by atoms with van der Waals surface area (Å²) in [6.07, 6.45) is -1.44. The maximum atomic E-state index is 13.0. The molecule has 0 spiro atoms. The van der Waals surface area contributed by atoms with E-state index in [1.807, 2.05) is 11.8 Å². The van der Waals surface area contributed by atoms with E-state index in [9.17, 15) is 22.8 Å². The maximum absolute atomic E-state index is 13.0. The molecule has 3 unspecified atom stereocenters. The predicted octanol–water partition coefficient (Wildman–Crippen LogP) is 2.36. The van der Waals surface area contributed by atoms with Crippen LogP contribution in [0.2, 0.25) is 0 Å². The fourth-order valence-corrected chi connectivity index (χ4v) is 4.49. The van der Waals surface area contributed by atoms with Gasteiger partial charge in [-0.1, -0.05) is 18.9 Å². The Morgan fingerprint density at radius 3 is 2.72 bits per heavy atom. The molecule has 2 aliphatic heterocycles. The third kappa shape index (κ3) is 3.63. The molecule has 0 radical (unpaired) electrons. The first kappa shape index (κ1) is 19.5. The summed E-state index contributed by atoms with van der Waals surface area (Å²) in [4.78, 5) is 29.1. The van der Waals surface area contributed by atoms with Crippen molar-refractivity contribution >= 4 is 23.3 Å². The molecule has 3 atom stereocenters. The first-order chi connectivity index (χ1) is 13.8. The fraction of sp³-hybridized carbons (Fsp3) is 0.526. The molecule has 156 valence electrons. The molecular weight excluding hydrogens is 387 g/mol. The summed E-state index contributed by atoms with van der Waals surface area (Å²) in [7, 11) is 0. The van der Waals surface area contributed by atoms with E-state index in [1.165, 1.54) is 12.1 Å². The molecule has 2 fully saturated rings. The van der Waals surface area contributed by atoms with Gasteiger partial charge in [-0.05, 0) is 38.0 Å². The molecule has 1 aromatic rings. The van der Waals surface area contributed by atoms with Crippen LogP contribution < -0.4 is 10.7 Å². The van der Waals surface area contributed by atoms with Gasteiger partial charge in [0.2, 0.25) is 5.91 Å². The smallest absolute Gasteiger partial charge is 0.325 e. The van der Waals surface area contributed by atoms with E-state index in [1.54, 1.807) is 4.90 Å². The van der Waals surface area contributed by atoms with Gasteiger partial charge in [0.15, 0.2) is 6.17 Å². The zero-order valence-electron chi connectivity index (χ0n) is 15.9. The molecule has 4 rings (SSSR count). The number of amides is 2. The van der Waals surface area contributed by atoms with Crippen molar-refractivity contribution in [1.29, 1.82) is 0 Å². The molecule has 0 aromatic heterocycles. The van der Waals surface area contributed by atoms with Crippen molar-refractivity contribution in [3.05, 3.63) is 29.8 Å². The molecular formula is C19H22F3N5O2. The molecule has 1 aromatic carbocycles. The topological polar surface area (TPSA) is 77.0 Å². The highest BCUT2D eigenvalue weighted by Crippen LogP contribution is 2.34. The molecule has 3 aliphatic rings. The van der Waals surface area contributed by atoms with Crippen LogP contribution in [0.5, 0.6) is 0 Å². The molecule has 1 aliphatic carbocycles. The van der Waals surface area contributed by atoms with Crippen molar-refractivity contribution in [3.63, 3.8) is 0 Å². The van der Waals surface area contributed by atoms with Gasteiger partial charge >= 0.3 is 6.18 Å². The number of anilines is 1. The summed E-state index contributed by atoms with van der Waals surface area (Å²) in [5.74, 6) is -0.00709. The molecule has 1 saturated carbocycles. The molecule has 10 heteroatoms. The summed E-state index contributed by atoms with van der Waals surface area (Å²) in [6.45, 7) is 1.64. The molecule has 0 bridgehead atoms. The first-order valence-electron chi connectivity index (χ1n) is 9.61. The van der Waals surface area contributed by atoms with Crippen LogP contribution in [0.1, 0.15) is 38.2 Å². The number of amidine groups is 1. The number of fused-ring (bicyclic) bond motifs is 3. The molecule has 2 amide bonds. The van der Waals surface area contributed by atoms with Crippen LogP contribution in [0.4, 0.5) is 18.9 Å². The number of nitrogens with zero attached hydrogens (tertiary/aromatic N) is 3. The second-order valence-corrected chi connectivity index (χ2v) is 7.61. The van der Waals surface area contributed by atoms with E-state index in [0.29, 0.717) is 0 Å². The van der Waals surface area contributed by atoms with Gasteiger partial charge in [-0.2, -0.15) is 18.3 Å². The van der Waals surface area contributed by atoms with Crippen molar-refractivity contribution < 1.29 is 22.8 Å². The number of hydrazone groups is 1. The van der Waals surface area contributed by atoms with Crippen molar-refractivity contribution in [1.82, 2.24) is 15.2 Å². The lowest BCUT2D eigenvalue weighted by Crippen LogP contribution is -2.69. The highest BCUT2D eigenvalue weighted by Gasteiger charge is 2.50. The monoisotopic (exact) mass is 409 g/mol. The van der Waals surface area contributed by atoms with Crippen molar-refractivity contribution in [2.24, 2.45) is 5.10 Å². The number of benzene rings is 1. The van der Waals surface area contributed by atoms with Gasteiger partial charge in [-0.25, -0.2) is 0 Å². The predicted molar refractivity (Wildman–Crippen MR) is 99.7 cm³/mol. The molecule has 2 N–H and O–H groups in total. The van der Waals surface area contributed by atoms with Gasteiger partial charge in [0.1, 0.15) is 12.4 Å². The minimum absolute atomic E-state index is 0.0503. The number of hydrogen-bond acceptors (Lipinski definition) is 5. The van der Waals surface area contributed by atoms with E-state index >= 15 is 0 Å². The van der Waals surface area contributed by atoms with Gasteiger partial charge in [-0.15, -0.1) is 0 Å². The molecule has 2 heterocycles. The summed E-state index contributed by atoms with van der Waals surface area (Å²) in [6, 6.07) is 4.42. The highest BCUT2D eigenvalue weighted by atomic mass is 19.4. The summed E-state index contributed by atoms with van der Waals surface area (Å²) < 4.78 is 38.6. The standard InChI is InChI=1S/C19H22F3N5O2/c1-11-24-25-17-18(29)26(14-7-2-3-8-15(14)27(11)17)10-16(28)23-13-6-4-5-12(9-13)19(20,21)22/h4-6,9,14-15,17,25H,2-3,7-8,10H2,1H3,(H,23,28). The zero-order valence-corrected chi connectivity index (χ0v) is 15.9. The van der Waals surface area contributed by atoms with Crippen LogP contribution in [-0.2, 0) is 15.8 Å². The normalized spacial score (nSPS) is 26.4. The number of carbonyl (C=O) groups is 2. The fourth-order valence-electron chi connectivity index (χ4n) is 4.49. The number of nitrogens with one attached hydrogen (secondary N) is 2. The van der Waals surface area contributed by atoms with Crippen LogP contribution in [0.25, 0.3) is 0 Å². The molecule has 29 heavy (non-hydrogen) atoms. The van der Waals surface area contributed by atoms with Crippen molar-refractivity contribution in [2.45, 2.75) is 57.0 Å². The number of piperazine rings is 1. The Hall–Kier alpha value is -2.78. The largest absolute Gasteiger partial charge is 0.416 e. The van der Waals surface area contributed by atoms with Gasteiger partial charge in [-0.3, -0.25) is 15.0 Å². The minimum Gasteiger partial charge on any atom is -0.325 e. The zero-order chi connectivity index (χ0) is 20.8. The van der Waals surface area contributed by atoms with Gasteiger partial charge in [0.05, 0.1) is 17.6 Å². The average Bonchev–Trinajstić information content (AvgIpc) is 3.07. The molecule has 7 nitrogen and oxygen atoms in total. The number of halogens is 3. The SMILES string of the molecule is CC1=NNC2C(=O)N(CC(=O)Nc3cccc(C(F)(F)F)c3)C3CCCCC3N12. The van der Waals surface area contributed by atoms with E-state index in [4.69, 9.17) is 0 Å². The summed E-state index contributed by atoms with van der Waals surface area (Å²) >= 11 is 0. The van der Waals surface area contributed by atoms with Crippen molar-refractivity contribution in [3.8, 4) is 0 Å². The van der Waals surface area contributed by atoms with Gasteiger partial charge < -0.3 is 15.1 Å². The lowest BCUT2D eigenvalue weighted by Gasteiger charge is -2.50.